The maximum absolute atomic E-state index is 14.1. The number of aliphatic carboxylic acids is 1. The lowest BCUT2D eigenvalue weighted by molar-refractivity contribution is -0.137. The Hall–Kier alpha value is -1.83. The molecule has 0 saturated carbocycles. The molecule has 0 radical (unpaired) electrons. The summed E-state index contributed by atoms with van der Waals surface area (Å²) in [7, 11) is -4.39. The first kappa shape index (κ1) is 18.5. The molecule has 0 bridgehead atoms. The second kappa shape index (κ2) is 6.96. The minimum Gasteiger partial charge on any atom is -0.480 e. The standard InChI is InChI=1S/C15H12Cl2FNO4S/c1-9(15(20)21)19(14-5-3-2-4-13(14)18)24(22,23)10-6-7-11(16)12(17)8-10/h2-9H,1H3,(H,20,21). The number of nitrogens with zero attached hydrogens (tertiary/aromatic N) is 1. The van der Waals surface area contributed by atoms with E-state index in [4.69, 9.17) is 23.2 Å². The van der Waals surface area contributed by atoms with Crippen molar-refractivity contribution in [2.24, 2.45) is 0 Å². The lowest BCUT2D eigenvalue weighted by Gasteiger charge is -2.28. The minimum atomic E-state index is -4.39. The molecule has 1 unspecified atom stereocenters. The van der Waals surface area contributed by atoms with Gasteiger partial charge < -0.3 is 5.11 Å². The predicted molar refractivity (Wildman–Crippen MR) is 89.6 cm³/mol. The molecule has 1 N–H and O–H groups in total. The summed E-state index contributed by atoms with van der Waals surface area (Å²) < 4.78 is 40.4. The molecule has 9 heteroatoms. The smallest absolute Gasteiger partial charge is 0.327 e. The van der Waals surface area contributed by atoms with E-state index in [2.05, 4.69) is 0 Å². The van der Waals surface area contributed by atoms with Crippen molar-refractivity contribution in [3.8, 4) is 0 Å². The molecular formula is C15H12Cl2FNO4S. The van der Waals surface area contributed by atoms with Crippen LogP contribution in [0.3, 0.4) is 0 Å². The van der Waals surface area contributed by atoms with Crippen molar-refractivity contribution < 1.29 is 22.7 Å². The van der Waals surface area contributed by atoms with Gasteiger partial charge in [0.05, 0.1) is 20.6 Å². The van der Waals surface area contributed by atoms with E-state index in [1.54, 1.807) is 0 Å². The third-order valence-electron chi connectivity index (χ3n) is 3.25. The largest absolute Gasteiger partial charge is 0.480 e. The van der Waals surface area contributed by atoms with Gasteiger partial charge in [-0.15, -0.1) is 0 Å². The van der Waals surface area contributed by atoms with Crippen molar-refractivity contribution in [2.75, 3.05) is 4.31 Å². The van der Waals surface area contributed by atoms with Crippen molar-refractivity contribution in [1.82, 2.24) is 0 Å². The van der Waals surface area contributed by atoms with Gasteiger partial charge in [0.25, 0.3) is 10.0 Å². The molecule has 0 saturated heterocycles. The maximum Gasteiger partial charge on any atom is 0.327 e. The van der Waals surface area contributed by atoms with Crippen LogP contribution in [0, 0.1) is 5.82 Å². The first-order valence-electron chi connectivity index (χ1n) is 6.63. The minimum absolute atomic E-state index is 0.0193. The highest BCUT2D eigenvalue weighted by Gasteiger charge is 2.35. The van der Waals surface area contributed by atoms with E-state index in [0.29, 0.717) is 4.31 Å². The summed E-state index contributed by atoms with van der Waals surface area (Å²) in [6.07, 6.45) is 0. The van der Waals surface area contributed by atoms with Crippen LogP contribution >= 0.6 is 23.2 Å². The number of para-hydroxylation sites is 1. The highest BCUT2D eigenvalue weighted by Crippen LogP contribution is 2.31. The molecule has 2 aromatic carbocycles. The highest BCUT2D eigenvalue weighted by atomic mass is 35.5. The second-order valence-electron chi connectivity index (χ2n) is 4.84. The zero-order valence-corrected chi connectivity index (χ0v) is 14.6. The molecule has 0 fully saturated rings. The topological polar surface area (TPSA) is 74.7 Å². The molecular weight excluding hydrogens is 380 g/mol. The number of hydrogen-bond acceptors (Lipinski definition) is 3. The van der Waals surface area contributed by atoms with Crippen LogP contribution in [0.15, 0.2) is 47.4 Å². The summed E-state index contributed by atoms with van der Waals surface area (Å²) in [5, 5.41) is 9.36. The molecule has 0 heterocycles. The van der Waals surface area contributed by atoms with E-state index in [9.17, 15) is 22.7 Å². The molecule has 0 aromatic heterocycles. The maximum atomic E-state index is 14.1. The van der Waals surface area contributed by atoms with Gasteiger partial charge in [-0.25, -0.2) is 21.9 Å². The number of sulfonamides is 1. The SMILES string of the molecule is CC(C(=O)O)N(c1ccccc1F)S(=O)(=O)c1ccc(Cl)c(Cl)c1. The third kappa shape index (κ3) is 3.48. The Morgan fingerprint density at radius 2 is 1.79 bits per heavy atom. The van der Waals surface area contributed by atoms with Crippen LogP contribution in [0.25, 0.3) is 0 Å². The van der Waals surface area contributed by atoms with Crippen LogP contribution < -0.4 is 4.31 Å². The van der Waals surface area contributed by atoms with Gasteiger partial charge in [-0.05, 0) is 37.3 Å². The zero-order valence-electron chi connectivity index (χ0n) is 12.3. The normalized spacial score (nSPS) is 12.7. The van der Waals surface area contributed by atoms with Gasteiger partial charge in [-0.1, -0.05) is 35.3 Å². The van der Waals surface area contributed by atoms with Gasteiger partial charge in [-0.3, -0.25) is 0 Å². The van der Waals surface area contributed by atoms with Gasteiger partial charge in [0.2, 0.25) is 0 Å². The fraction of sp³-hybridized carbons (Fsp3) is 0.133. The van der Waals surface area contributed by atoms with Crippen LogP contribution in [0.1, 0.15) is 6.92 Å². The van der Waals surface area contributed by atoms with Crippen molar-refractivity contribution in [3.63, 3.8) is 0 Å². The molecule has 128 valence electrons. The molecule has 2 aromatic rings. The van der Waals surface area contributed by atoms with E-state index in [0.717, 1.165) is 19.1 Å². The molecule has 0 aliphatic carbocycles. The number of carbonyl (C=O) groups is 1. The number of carboxylic acid groups (broad SMARTS) is 1. The van der Waals surface area contributed by atoms with Crippen molar-refractivity contribution in [2.45, 2.75) is 17.9 Å². The van der Waals surface area contributed by atoms with Gasteiger partial charge in [0.1, 0.15) is 11.9 Å². The van der Waals surface area contributed by atoms with Crippen LogP contribution in [-0.4, -0.2) is 25.5 Å². The predicted octanol–water partition coefficient (Wildman–Crippen LogP) is 3.80. The first-order chi connectivity index (χ1) is 11.2. The Kier molecular flexibility index (Phi) is 5.37. The average Bonchev–Trinajstić information content (AvgIpc) is 2.51. The summed E-state index contributed by atoms with van der Waals surface area (Å²) in [5.41, 5.74) is -0.376. The monoisotopic (exact) mass is 391 g/mol. The van der Waals surface area contributed by atoms with E-state index in [1.807, 2.05) is 0 Å². The number of carboxylic acids is 1. The Labute approximate surface area is 148 Å². The van der Waals surface area contributed by atoms with Crippen molar-refractivity contribution >= 4 is 44.9 Å². The Morgan fingerprint density at radius 3 is 2.33 bits per heavy atom. The zero-order chi connectivity index (χ0) is 18.1. The summed E-state index contributed by atoms with van der Waals surface area (Å²) in [6.45, 7) is 1.14. The van der Waals surface area contributed by atoms with E-state index < -0.39 is 27.9 Å². The summed E-state index contributed by atoms with van der Waals surface area (Å²) in [4.78, 5) is 11.1. The fourth-order valence-electron chi connectivity index (χ4n) is 2.03. The lowest BCUT2D eigenvalue weighted by atomic mass is 10.2. The Morgan fingerprint density at radius 1 is 1.17 bits per heavy atom. The number of benzene rings is 2. The van der Waals surface area contributed by atoms with Crippen LogP contribution in [0.5, 0.6) is 0 Å². The number of halogens is 3. The van der Waals surface area contributed by atoms with E-state index in [-0.39, 0.29) is 20.6 Å². The van der Waals surface area contributed by atoms with E-state index >= 15 is 0 Å². The van der Waals surface area contributed by atoms with Gasteiger partial charge in [-0.2, -0.15) is 0 Å². The molecule has 24 heavy (non-hydrogen) atoms. The van der Waals surface area contributed by atoms with Gasteiger partial charge in [0, 0.05) is 0 Å². The molecule has 0 aliphatic rings. The quantitative estimate of drug-likeness (QED) is 0.840. The van der Waals surface area contributed by atoms with E-state index in [1.165, 1.54) is 30.3 Å². The van der Waals surface area contributed by atoms with Gasteiger partial charge >= 0.3 is 5.97 Å². The molecule has 0 amide bonds. The molecule has 5 nitrogen and oxygen atoms in total. The van der Waals surface area contributed by atoms with Crippen LogP contribution in [0.2, 0.25) is 10.0 Å². The molecule has 0 aliphatic heterocycles. The second-order valence-corrected chi connectivity index (χ2v) is 7.47. The molecule has 0 spiro atoms. The number of anilines is 1. The van der Waals surface area contributed by atoms with Crippen molar-refractivity contribution in [1.29, 1.82) is 0 Å². The summed E-state index contributed by atoms with van der Waals surface area (Å²) >= 11 is 11.6. The third-order valence-corrected chi connectivity index (χ3v) is 5.87. The molecule has 1 atom stereocenters. The van der Waals surface area contributed by atoms with Crippen LogP contribution in [0.4, 0.5) is 10.1 Å². The summed E-state index contributed by atoms with van der Waals surface area (Å²) in [6, 6.07) is 6.99. The van der Waals surface area contributed by atoms with Gasteiger partial charge in [0.15, 0.2) is 0 Å². The number of hydrogen-bond donors (Lipinski definition) is 1. The van der Waals surface area contributed by atoms with Crippen molar-refractivity contribution in [3.05, 3.63) is 58.3 Å². The molecule has 2 rings (SSSR count). The fourth-order valence-corrected chi connectivity index (χ4v) is 4.04. The lowest BCUT2D eigenvalue weighted by Crippen LogP contribution is -2.43. The summed E-state index contributed by atoms with van der Waals surface area (Å²) in [5.74, 6) is -2.30. The average molecular weight is 392 g/mol. The highest BCUT2D eigenvalue weighted by molar-refractivity contribution is 7.93. The Bertz CT molecular complexity index is 889. The first-order valence-corrected chi connectivity index (χ1v) is 8.82. The number of rotatable bonds is 5. The Balaban J connectivity index is 2.68. The van der Waals surface area contributed by atoms with Crippen LogP contribution in [-0.2, 0) is 14.8 Å².